The van der Waals surface area contributed by atoms with E-state index < -0.39 is 24.4 Å². The Bertz CT molecular complexity index is 892. The zero-order chi connectivity index (χ0) is 20.8. The highest BCUT2D eigenvalue weighted by molar-refractivity contribution is 6.33. The Morgan fingerprint density at radius 1 is 1.21 bits per heavy atom. The molecule has 0 fully saturated rings. The van der Waals surface area contributed by atoms with Crippen molar-refractivity contribution in [2.75, 3.05) is 25.5 Å². The maximum Gasteiger partial charge on any atom is 0.340 e. The third kappa shape index (κ3) is 5.13. The zero-order valence-corrected chi connectivity index (χ0v) is 17.2. The standard InChI is InChI=1S/C20H24ClN3O4/c1-5-24-13(2)10-15(14(24)3)20(27)28-12-19(26)23(4)11-18(25)22-17-9-7-6-8-16(17)21/h6-10H,5,11-12H2,1-4H3,(H,22,25). The first-order valence-electron chi connectivity index (χ1n) is 8.86. The van der Waals surface area contributed by atoms with Gasteiger partial charge in [-0.05, 0) is 39.0 Å². The number of carbonyl (C=O) groups excluding carboxylic acids is 3. The number of nitrogens with zero attached hydrogens (tertiary/aromatic N) is 2. The minimum absolute atomic E-state index is 0.189. The van der Waals surface area contributed by atoms with E-state index in [2.05, 4.69) is 5.32 Å². The van der Waals surface area contributed by atoms with Gasteiger partial charge in [-0.2, -0.15) is 0 Å². The number of benzene rings is 1. The van der Waals surface area contributed by atoms with E-state index in [1.807, 2.05) is 25.3 Å². The molecule has 28 heavy (non-hydrogen) atoms. The van der Waals surface area contributed by atoms with Gasteiger partial charge in [0.15, 0.2) is 6.61 Å². The molecule has 0 aliphatic heterocycles. The van der Waals surface area contributed by atoms with Crippen LogP contribution >= 0.6 is 11.6 Å². The summed E-state index contributed by atoms with van der Waals surface area (Å²) in [5, 5.41) is 3.04. The molecule has 0 spiro atoms. The lowest BCUT2D eigenvalue weighted by Gasteiger charge is -2.17. The second-order valence-electron chi connectivity index (χ2n) is 6.38. The smallest absolute Gasteiger partial charge is 0.340 e. The average Bonchev–Trinajstić information content (AvgIpc) is 2.94. The number of hydrogen-bond donors (Lipinski definition) is 1. The van der Waals surface area contributed by atoms with Gasteiger partial charge in [-0.3, -0.25) is 9.59 Å². The van der Waals surface area contributed by atoms with Crippen molar-refractivity contribution in [3.05, 3.63) is 52.3 Å². The molecule has 1 heterocycles. The van der Waals surface area contributed by atoms with Crippen molar-refractivity contribution in [3.63, 3.8) is 0 Å². The van der Waals surface area contributed by atoms with Gasteiger partial charge in [0.05, 0.1) is 22.8 Å². The lowest BCUT2D eigenvalue weighted by atomic mass is 10.2. The number of carbonyl (C=O) groups is 3. The molecule has 1 N–H and O–H groups in total. The predicted molar refractivity (Wildman–Crippen MR) is 108 cm³/mol. The number of likely N-dealkylation sites (N-methyl/N-ethyl adjacent to an activating group) is 1. The summed E-state index contributed by atoms with van der Waals surface area (Å²) in [7, 11) is 1.46. The highest BCUT2D eigenvalue weighted by Crippen LogP contribution is 2.20. The fourth-order valence-corrected chi connectivity index (χ4v) is 3.05. The molecule has 0 aliphatic rings. The number of nitrogens with one attached hydrogen (secondary N) is 1. The number of aryl methyl sites for hydroxylation is 1. The fraction of sp³-hybridized carbons (Fsp3) is 0.350. The van der Waals surface area contributed by atoms with Crippen LogP contribution in [0.15, 0.2) is 30.3 Å². The van der Waals surface area contributed by atoms with Crippen LogP contribution in [0.25, 0.3) is 0 Å². The van der Waals surface area contributed by atoms with Crippen molar-refractivity contribution < 1.29 is 19.1 Å². The SMILES string of the molecule is CCn1c(C)cc(C(=O)OCC(=O)N(C)CC(=O)Nc2ccccc2Cl)c1C. The van der Waals surface area contributed by atoms with Gasteiger partial charge < -0.3 is 19.5 Å². The van der Waals surface area contributed by atoms with Crippen LogP contribution in [0.3, 0.4) is 0 Å². The van der Waals surface area contributed by atoms with Crippen LogP contribution in [0.1, 0.15) is 28.7 Å². The van der Waals surface area contributed by atoms with Crippen LogP contribution in [0.2, 0.25) is 5.02 Å². The molecular formula is C20H24ClN3O4. The second-order valence-corrected chi connectivity index (χ2v) is 6.79. The van der Waals surface area contributed by atoms with Crippen molar-refractivity contribution >= 4 is 35.1 Å². The van der Waals surface area contributed by atoms with E-state index in [-0.39, 0.29) is 6.54 Å². The molecule has 2 amide bonds. The summed E-state index contributed by atoms with van der Waals surface area (Å²) in [6.45, 7) is 5.84. The van der Waals surface area contributed by atoms with Gasteiger partial charge in [0, 0.05) is 25.0 Å². The largest absolute Gasteiger partial charge is 0.452 e. The molecule has 7 nitrogen and oxygen atoms in total. The van der Waals surface area contributed by atoms with Crippen molar-refractivity contribution in [1.29, 1.82) is 0 Å². The number of halogens is 1. The predicted octanol–water partition coefficient (Wildman–Crippen LogP) is 3.03. The lowest BCUT2D eigenvalue weighted by molar-refractivity contribution is -0.136. The third-order valence-corrected chi connectivity index (χ3v) is 4.72. The molecule has 0 radical (unpaired) electrons. The van der Waals surface area contributed by atoms with E-state index in [4.69, 9.17) is 16.3 Å². The van der Waals surface area contributed by atoms with Gasteiger partial charge in [0.25, 0.3) is 5.91 Å². The van der Waals surface area contributed by atoms with Crippen LogP contribution in [0.5, 0.6) is 0 Å². The number of ether oxygens (including phenoxy) is 1. The molecule has 2 aromatic rings. The molecule has 1 aromatic carbocycles. The van der Waals surface area contributed by atoms with E-state index >= 15 is 0 Å². The van der Waals surface area contributed by atoms with Gasteiger partial charge in [-0.1, -0.05) is 23.7 Å². The Kier molecular flexibility index (Phi) is 7.23. The van der Waals surface area contributed by atoms with E-state index in [9.17, 15) is 14.4 Å². The summed E-state index contributed by atoms with van der Waals surface area (Å²) in [6, 6.07) is 8.55. The first kappa shape index (κ1) is 21.5. The van der Waals surface area contributed by atoms with Crippen molar-refractivity contribution in [1.82, 2.24) is 9.47 Å². The Morgan fingerprint density at radius 3 is 2.50 bits per heavy atom. The molecule has 1 aromatic heterocycles. The topological polar surface area (TPSA) is 80.6 Å². The molecule has 0 saturated carbocycles. The first-order chi connectivity index (χ1) is 13.2. The van der Waals surface area contributed by atoms with E-state index in [0.29, 0.717) is 16.3 Å². The minimum Gasteiger partial charge on any atom is -0.452 e. The van der Waals surface area contributed by atoms with Crippen molar-refractivity contribution in [3.8, 4) is 0 Å². The molecule has 0 saturated heterocycles. The van der Waals surface area contributed by atoms with E-state index in [0.717, 1.165) is 17.9 Å². The average molecular weight is 406 g/mol. The van der Waals surface area contributed by atoms with Gasteiger partial charge in [0.1, 0.15) is 0 Å². The van der Waals surface area contributed by atoms with Gasteiger partial charge in [-0.25, -0.2) is 4.79 Å². The molecule has 8 heteroatoms. The molecule has 0 aliphatic carbocycles. The monoisotopic (exact) mass is 405 g/mol. The molecule has 0 bridgehead atoms. The molecule has 0 unspecified atom stereocenters. The highest BCUT2D eigenvalue weighted by Gasteiger charge is 2.19. The number of hydrogen-bond acceptors (Lipinski definition) is 4. The Hall–Kier alpha value is -2.80. The van der Waals surface area contributed by atoms with E-state index in [1.165, 1.54) is 11.9 Å². The van der Waals surface area contributed by atoms with Crippen molar-refractivity contribution in [2.45, 2.75) is 27.3 Å². The van der Waals surface area contributed by atoms with Crippen LogP contribution in [0, 0.1) is 13.8 Å². The minimum atomic E-state index is -0.560. The first-order valence-corrected chi connectivity index (χ1v) is 9.24. The Morgan fingerprint density at radius 2 is 1.89 bits per heavy atom. The Labute approximate surface area is 169 Å². The highest BCUT2D eigenvalue weighted by atomic mass is 35.5. The lowest BCUT2D eigenvalue weighted by Crippen LogP contribution is -2.37. The number of para-hydroxylation sites is 1. The normalized spacial score (nSPS) is 10.5. The summed E-state index contributed by atoms with van der Waals surface area (Å²) < 4.78 is 7.12. The molecule has 150 valence electrons. The second kappa shape index (κ2) is 9.41. The van der Waals surface area contributed by atoms with Gasteiger partial charge in [-0.15, -0.1) is 0 Å². The Balaban J connectivity index is 1.87. The summed E-state index contributed by atoms with van der Waals surface area (Å²) in [5.41, 5.74) is 2.65. The third-order valence-electron chi connectivity index (χ3n) is 4.39. The number of anilines is 1. The number of aromatic nitrogens is 1. The number of rotatable bonds is 7. The quantitative estimate of drug-likeness (QED) is 0.718. The number of esters is 1. The van der Waals surface area contributed by atoms with Crippen molar-refractivity contribution in [2.24, 2.45) is 0 Å². The summed E-state index contributed by atoms with van der Waals surface area (Å²) >= 11 is 5.99. The zero-order valence-electron chi connectivity index (χ0n) is 16.4. The van der Waals surface area contributed by atoms with E-state index in [1.54, 1.807) is 30.3 Å². The summed E-state index contributed by atoms with van der Waals surface area (Å²) in [5.74, 6) is -1.44. The fourth-order valence-electron chi connectivity index (χ4n) is 2.87. The van der Waals surface area contributed by atoms with Gasteiger partial charge in [0.2, 0.25) is 5.91 Å². The summed E-state index contributed by atoms with van der Waals surface area (Å²) in [4.78, 5) is 37.7. The molecule has 0 atom stereocenters. The van der Waals surface area contributed by atoms with Crippen LogP contribution in [-0.2, 0) is 20.9 Å². The van der Waals surface area contributed by atoms with Gasteiger partial charge >= 0.3 is 5.97 Å². The molecular weight excluding hydrogens is 382 g/mol. The van der Waals surface area contributed by atoms with Crippen LogP contribution in [0.4, 0.5) is 5.69 Å². The maximum absolute atomic E-state index is 12.3. The molecule has 2 rings (SSSR count). The van der Waals surface area contributed by atoms with Crippen LogP contribution in [-0.4, -0.2) is 47.4 Å². The van der Waals surface area contributed by atoms with Crippen LogP contribution < -0.4 is 5.32 Å². The summed E-state index contributed by atoms with van der Waals surface area (Å²) in [6.07, 6.45) is 0. The maximum atomic E-state index is 12.3. The number of amides is 2.